The van der Waals surface area contributed by atoms with Gasteiger partial charge < -0.3 is 14.9 Å². The molecule has 0 bridgehead atoms. The predicted molar refractivity (Wildman–Crippen MR) is 122 cm³/mol. The van der Waals surface area contributed by atoms with Crippen LogP contribution in [-0.2, 0) is 12.0 Å². The van der Waals surface area contributed by atoms with Crippen LogP contribution in [-0.4, -0.2) is 20.8 Å². The average Bonchev–Trinajstić information content (AvgIpc) is 2.74. The van der Waals surface area contributed by atoms with E-state index in [9.17, 15) is 14.6 Å². The number of ether oxygens (including phenoxy) is 1. The van der Waals surface area contributed by atoms with Crippen LogP contribution in [0.4, 0.5) is 4.39 Å². The van der Waals surface area contributed by atoms with Crippen molar-refractivity contribution in [3.63, 3.8) is 0 Å². The summed E-state index contributed by atoms with van der Waals surface area (Å²) >= 11 is 0. The van der Waals surface area contributed by atoms with Crippen LogP contribution in [0.25, 0.3) is 0 Å². The van der Waals surface area contributed by atoms with Crippen molar-refractivity contribution in [2.45, 2.75) is 63.6 Å². The first-order valence-corrected chi connectivity index (χ1v) is 11.1. The Morgan fingerprint density at radius 1 is 1.09 bits per heavy atom. The van der Waals surface area contributed by atoms with Gasteiger partial charge in [0.15, 0.2) is 0 Å². The molecular formula is C27H30FNO3. The SMILES string of the molecule is CC(CCCc1ccc(F)cc1)c1cc(O)c2c(c1)OC(C)(C)CC2(O)c1ccncc1. The molecule has 4 nitrogen and oxygen atoms in total. The number of fused-ring (bicyclic) bond motifs is 1. The largest absolute Gasteiger partial charge is 0.507 e. The summed E-state index contributed by atoms with van der Waals surface area (Å²) in [5, 5.41) is 22.7. The van der Waals surface area contributed by atoms with Gasteiger partial charge in [-0.3, -0.25) is 4.98 Å². The first-order valence-electron chi connectivity index (χ1n) is 11.1. The van der Waals surface area contributed by atoms with Gasteiger partial charge in [0.1, 0.15) is 28.5 Å². The first kappa shape index (κ1) is 22.3. The molecule has 0 amide bonds. The quantitative estimate of drug-likeness (QED) is 0.510. The van der Waals surface area contributed by atoms with Crippen LogP contribution >= 0.6 is 0 Å². The van der Waals surface area contributed by atoms with Crippen LogP contribution in [0.2, 0.25) is 0 Å². The van der Waals surface area contributed by atoms with Crippen molar-refractivity contribution >= 4 is 0 Å². The van der Waals surface area contributed by atoms with Gasteiger partial charge in [-0.2, -0.15) is 0 Å². The zero-order valence-electron chi connectivity index (χ0n) is 18.8. The molecule has 2 aromatic carbocycles. The fourth-order valence-electron chi connectivity index (χ4n) is 4.74. The molecule has 168 valence electrons. The summed E-state index contributed by atoms with van der Waals surface area (Å²) in [6, 6.07) is 13.9. The van der Waals surface area contributed by atoms with E-state index in [0.717, 1.165) is 30.4 Å². The minimum Gasteiger partial charge on any atom is -0.507 e. The Morgan fingerprint density at radius 3 is 2.47 bits per heavy atom. The van der Waals surface area contributed by atoms with Crippen LogP contribution in [0, 0.1) is 5.82 Å². The molecule has 0 radical (unpaired) electrons. The van der Waals surface area contributed by atoms with E-state index >= 15 is 0 Å². The van der Waals surface area contributed by atoms with E-state index < -0.39 is 11.2 Å². The third-order valence-corrected chi connectivity index (χ3v) is 6.33. The van der Waals surface area contributed by atoms with Gasteiger partial charge in [0.2, 0.25) is 0 Å². The summed E-state index contributed by atoms with van der Waals surface area (Å²) < 4.78 is 19.3. The number of hydrogen-bond acceptors (Lipinski definition) is 4. The maximum Gasteiger partial charge on any atom is 0.130 e. The van der Waals surface area contributed by atoms with E-state index in [-0.39, 0.29) is 17.5 Å². The summed E-state index contributed by atoms with van der Waals surface area (Å²) in [5.74, 6) is 0.522. The molecule has 2 unspecified atom stereocenters. The number of aryl methyl sites for hydroxylation is 1. The van der Waals surface area contributed by atoms with Crippen LogP contribution in [0.5, 0.6) is 11.5 Å². The van der Waals surface area contributed by atoms with E-state index in [1.807, 2.05) is 32.0 Å². The third-order valence-electron chi connectivity index (χ3n) is 6.33. The fraction of sp³-hybridized carbons (Fsp3) is 0.370. The third kappa shape index (κ3) is 4.49. The van der Waals surface area contributed by atoms with Crippen molar-refractivity contribution in [1.29, 1.82) is 0 Å². The Balaban J connectivity index is 1.59. The van der Waals surface area contributed by atoms with E-state index in [0.29, 0.717) is 23.3 Å². The number of rotatable bonds is 6. The lowest BCUT2D eigenvalue weighted by atomic mass is 9.75. The second-order valence-electron chi connectivity index (χ2n) is 9.47. The summed E-state index contributed by atoms with van der Waals surface area (Å²) in [5.41, 5.74) is 1.19. The van der Waals surface area contributed by atoms with E-state index in [1.165, 1.54) is 12.1 Å². The summed E-state index contributed by atoms with van der Waals surface area (Å²) in [6.07, 6.45) is 6.32. The Hall–Kier alpha value is -2.92. The van der Waals surface area contributed by atoms with Gasteiger partial charge in [0, 0.05) is 18.8 Å². The number of halogens is 1. The molecule has 32 heavy (non-hydrogen) atoms. The van der Waals surface area contributed by atoms with Crippen molar-refractivity contribution in [2.75, 3.05) is 0 Å². The van der Waals surface area contributed by atoms with E-state index in [2.05, 4.69) is 11.9 Å². The van der Waals surface area contributed by atoms with Crippen molar-refractivity contribution in [3.8, 4) is 11.5 Å². The smallest absolute Gasteiger partial charge is 0.130 e. The maximum absolute atomic E-state index is 13.1. The highest BCUT2D eigenvalue weighted by Crippen LogP contribution is 2.51. The van der Waals surface area contributed by atoms with Gasteiger partial charge in [-0.25, -0.2) is 4.39 Å². The topological polar surface area (TPSA) is 62.6 Å². The molecular weight excluding hydrogens is 405 g/mol. The average molecular weight is 436 g/mol. The predicted octanol–water partition coefficient (Wildman–Crippen LogP) is 5.85. The lowest BCUT2D eigenvalue weighted by molar-refractivity contribution is -0.0395. The zero-order valence-corrected chi connectivity index (χ0v) is 18.8. The van der Waals surface area contributed by atoms with Crippen molar-refractivity contribution < 1.29 is 19.3 Å². The summed E-state index contributed by atoms with van der Waals surface area (Å²) in [4.78, 5) is 4.05. The molecule has 2 heterocycles. The number of aliphatic hydroxyl groups is 1. The van der Waals surface area contributed by atoms with Crippen LogP contribution in [0.3, 0.4) is 0 Å². The highest BCUT2D eigenvalue weighted by Gasteiger charge is 2.47. The number of aromatic hydroxyl groups is 1. The van der Waals surface area contributed by atoms with Gasteiger partial charge >= 0.3 is 0 Å². The highest BCUT2D eigenvalue weighted by molar-refractivity contribution is 5.56. The number of nitrogens with zero attached hydrogens (tertiary/aromatic N) is 1. The minimum atomic E-state index is -1.37. The number of hydrogen-bond donors (Lipinski definition) is 2. The summed E-state index contributed by atoms with van der Waals surface area (Å²) in [6.45, 7) is 6.00. The molecule has 4 rings (SSSR count). The monoisotopic (exact) mass is 435 g/mol. The van der Waals surface area contributed by atoms with Gasteiger partial charge in [0.25, 0.3) is 0 Å². The van der Waals surface area contributed by atoms with E-state index in [1.54, 1.807) is 30.6 Å². The Bertz CT molecular complexity index is 1080. The Kier molecular flexibility index (Phi) is 5.95. The number of aromatic nitrogens is 1. The molecule has 1 aliphatic rings. The van der Waals surface area contributed by atoms with Crippen LogP contribution in [0.15, 0.2) is 60.9 Å². The number of phenolic OH excluding ortho intramolecular Hbond substituents is 1. The normalized spacial score (nSPS) is 20.3. The second-order valence-corrected chi connectivity index (χ2v) is 9.47. The minimum absolute atomic E-state index is 0.0395. The molecule has 2 atom stereocenters. The zero-order chi connectivity index (χ0) is 22.9. The number of pyridine rings is 1. The molecule has 0 saturated carbocycles. The van der Waals surface area contributed by atoms with Crippen molar-refractivity contribution in [1.82, 2.24) is 4.98 Å². The molecule has 3 aromatic rings. The molecule has 1 aliphatic heterocycles. The van der Waals surface area contributed by atoms with Gasteiger partial charge in [-0.15, -0.1) is 0 Å². The number of benzene rings is 2. The van der Waals surface area contributed by atoms with E-state index in [4.69, 9.17) is 4.74 Å². The molecule has 0 fully saturated rings. The maximum atomic E-state index is 13.1. The molecule has 2 N–H and O–H groups in total. The fourth-order valence-corrected chi connectivity index (χ4v) is 4.74. The first-order chi connectivity index (χ1) is 15.2. The van der Waals surface area contributed by atoms with Crippen molar-refractivity contribution in [3.05, 3.63) is 89.0 Å². The van der Waals surface area contributed by atoms with Crippen LogP contribution < -0.4 is 4.74 Å². The lowest BCUT2D eigenvalue weighted by Gasteiger charge is -2.43. The molecule has 0 saturated heterocycles. The molecule has 5 heteroatoms. The molecule has 1 aromatic heterocycles. The highest BCUT2D eigenvalue weighted by atomic mass is 19.1. The van der Waals surface area contributed by atoms with Gasteiger partial charge in [0.05, 0.1) is 5.56 Å². The number of phenols is 1. The Labute approximate surface area is 188 Å². The Morgan fingerprint density at radius 2 is 1.78 bits per heavy atom. The van der Waals surface area contributed by atoms with Crippen LogP contribution in [0.1, 0.15) is 68.2 Å². The summed E-state index contributed by atoms with van der Waals surface area (Å²) in [7, 11) is 0. The van der Waals surface area contributed by atoms with Gasteiger partial charge in [-0.05, 0) is 92.1 Å². The van der Waals surface area contributed by atoms with Crippen molar-refractivity contribution in [2.24, 2.45) is 0 Å². The lowest BCUT2D eigenvalue weighted by Crippen LogP contribution is -2.45. The molecule has 0 aliphatic carbocycles. The standard InChI is InChI=1S/C27H30FNO3/c1-18(5-4-6-19-7-9-22(28)10-8-19)20-15-23(30)25-24(16-20)32-26(2,3)17-27(25,31)21-11-13-29-14-12-21/h7-16,18,30-31H,4-6,17H2,1-3H3. The van der Waals surface area contributed by atoms with Gasteiger partial charge in [-0.1, -0.05) is 19.1 Å². The second kappa shape index (κ2) is 8.55. The molecule has 0 spiro atoms.